The van der Waals surface area contributed by atoms with Gasteiger partial charge in [0.1, 0.15) is 12.2 Å². The first-order chi connectivity index (χ1) is 22.8. The molecule has 3 aliphatic heterocycles. The molecule has 49 heavy (non-hydrogen) atoms. The van der Waals surface area contributed by atoms with Crippen LogP contribution in [0.1, 0.15) is 73.4 Å². The highest BCUT2D eigenvalue weighted by molar-refractivity contribution is 7.13. The van der Waals surface area contributed by atoms with Crippen molar-refractivity contribution in [2.45, 2.75) is 134 Å². The summed E-state index contributed by atoms with van der Waals surface area (Å²) < 4.78 is 22.9. The van der Waals surface area contributed by atoms with Crippen molar-refractivity contribution >= 4 is 22.4 Å². The molecule has 14 heteroatoms. The van der Waals surface area contributed by atoms with Crippen LogP contribution >= 0.6 is 11.3 Å². The Labute approximate surface area is 297 Å². The number of hydrogen-bond donors (Lipinski definition) is 5. The molecular weight excluding hydrogens is 652 g/mol. The van der Waals surface area contributed by atoms with Gasteiger partial charge in [-0.3, -0.25) is 4.79 Å². The lowest BCUT2D eigenvalue weighted by Gasteiger charge is -2.46. The van der Waals surface area contributed by atoms with Gasteiger partial charge in [0.15, 0.2) is 11.4 Å². The van der Waals surface area contributed by atoms with Crippen molar-refractivity contribution < 1.29 is 44.2 Å². The van der Waals surface area contributed by atoms with E-state index in [-0.39, 0.29) is 30.1 Å². The van der Waals surface area contributed by atoms with E-state index < -0.39 is 53.7 Å². The Balaban J connectivity index is 0.000000501. The summed E-state index contributed by atoms with van der Waals surface area (Å²) in [6.45, 7) is 14.7. The number of thiazole rings is 1. The Bertz CT molecular complexity index is 1170. The number of likely N-dealkylation sites (N-methyl/N-ethyl adjacent to an activating group) is 1. The molecule has 4 rings (SSSR count). The monoisotopic (exact) mass is 716 g/mol. The second-order valence-corrected chi connectivity index (χ2v) is 16.1. The van der Waals surface area contributed by atoms with Crippen LogP contribution in [-0.4, -0.2) is 144 Å². The smallest absolute Gasteiger partial charge is 0.225 e. The quantitative estimate of drug-likeness (QED) is 0.308. The van der Waals surface area contributed by atoms with Crippen LogP contribution in [0, 0.1) is 17.8 Å². The van der Waals surface area contributed by atoms with E-state index in [9.17, 15) is 25.2 Å². The van der Waals surface area contributed by atoms with Gasteiger partial charge in [0, 0.05) is 64.0 Å². The Morgan fingerprint density at radius 3 is 2.41 bits per heavy atom. The molecule has 2 fully saturated rings. The first-order valence-electron chi connectivity index (χ1n) is 17.6. The summed E-state index contributed by atoms with van der Waals surface area (Å²) in [6, 6.07) is -0.180. The maximum absolute atomic E-state index is 12.9. The summed E-state index contributed by atoms with van der Waals surface area (Å²) in [5, 5.41) is 49.8. The third kappa shape index (κ3) is 10.8. The lowest BCUT2D eigenvalue weighted by atomic mass is 9.78. The molecule has 0 aliphatic carbocycles. The number of nitrogens with zero attached hydrogens (tertiary/aromatic N) is 3. The molecule has 2 bridgehead atoms. The second-order valence-electron chi connectivity index (χ2n) is 15.3. The average Bonchev–Trinajstić information content (AvgIpc) is 3.51. The third-order valence-corrected chi connectivity index (χ3v) is 11.5. The minimum atomic E-state index is -1.39. The van der Waals surface area contributed by atoms with Crippen molar-refractivity contribution in [1.82, 2.24) is 15.2 Å². The standard InChI is InChI=1S/C27H48N4O6S.C8H16O3/c1-15-12-27(5,35)23(37-25-22(33)20(30(6)7)11-16(2)36-25)17(3)21(32)18(4)24(34)28-10-9-19-14-38-26(29-19)31(8)13-15;1-6-7(9)8(2,10-3)4-5-11-6/h14-18,20-23,25,32-33,35H,9-13H2,1-8H3,(H,28,34);6-7,9H,4-5H2,1-3H3/t15-,16-,17+,18-,20+,21+,22-,23-,25+,27-;6-,7-,8+/m10/s1. The third-order valence-electron chi connectivity index (χ3n) is 10.5. The number of aromatic nitrogens is 1. The summed E-state index contributed by atoms with van der Waals surface area (Å²) in [5.41, 5.74) is -0.896. The van der Waals surface area contributed by atoms with Crippen molar-refractivity contribution in [3.8, 4) is 0 Å². The van der Waals surface area contributed by atoms with Gasteiger partial charge in [-0.05, 0) is 60.5 Å². The van der Waals surface area contributed by atoms with Gasteiger partial charge in [-0.2, -0.15) is 0 Å². The molecule has 2 saturated heterocycles. The number of methoxy groups -OCH3 is 1. The number of rotatable bonds is 4. The zero-order chi connectivity index (χ0) is 36.8. The van der Waals surface area contributed by atoms with Crippen molar-refractivity contribution in [3.63, 3.8) is 0 Å². The molecule has 13 atom stereocenters. The van der Waals surface area contributed by atoms with E-state index in [0.29, 0.717) is 39.0 Å². The first-order valence-corrected chi connectivity index (χ1v) is 18.5. The molecule has 0 unspecified atom stereocenters. The van der Waals surface area contributed by atoms with E-state index in [4.69, 9.17) is 23.9 Å². The molecule has 13 nitrogen and oxygen atoms in total. The van der Waals surface area contributed by atoms with Crippen molar-refractivity contribution in [1.29, 1.82) is 0 Å². The molecule has 0 radical (unpaired) electrons. The number of aliphatic hydroxyl groups is 4. The Hall–Kier alpha value is -1.46. The van der Waals surface area contributed by atoms with Gasteiger partial charge in [-0.15, -0.1) is 11.3 Å². The summed E-state index contributed by atoms with van der Waals surface area (Å²) >= 11 is 1.55. The molecule has 1 amide bonds. The van der Waals surface area contributed by atoms with Crippen molar-refractivity contribution in [2.75, 3.05) is 52.8 Å². The zero-order valence-corrected chi connectivity index (χ0v) is 32.3. The van der Waals surface area contributed by atoms with E-state index in [1.807, 2.05) is 52.2 Å². The van der Waals surface area contributed by atoms with E-state index in [0.717, 1.165) is 17.2 Å². The zero-order valence-electron chi connectivity index (χ0n) is 31.5. The lowest BCUT2D eigenvalue weighted by Crippen LogP contribution is -2.59. The normalized spacial score (nSPS) is 41.5. The number of carbonyl (C=O) groups excluding carboxylic acids is 1. The summed E-state index contributed by atoms with van der Waals surface area (Å²) in [6.07, 6.45) is -2.34. The molecule has 0 saturated carbocycles. The molecule has 284 valence electrons. The number of carbonyl (C=O) groups is 1. The fourth-order valence-electron chi connectivity index (χ4n) is 7.32. The molecule has 1 aromatic rings. The highest BCUT2D eigenvalue weighted by Crippen LogP contribution is 2.36. The topological polar surface area (TPSA) is 166 Å². The van der Waals surface area contributed by atoms with Gasteiger partial charge < -0.3 is 54.5 Å². The number of amides is 1. The molecular formula is C35H64N4O9S. The van der Waals surface area contributed by atoms with Gasteiger partial charge in [0.2, 0.25) is 5.91 Å². The molecule has 5 N–H and O–H groups in total. The van der Waals surface area contributed by atoms with Gasteiger partial charge >= 0.3 is 0 Å². The fourth-order valence-corrected chi connectivity index (χ4v) is 8.16. The maximum atomic E-state index is 12.9. The molecule has 4 heterocycles. The summed E-state index contributed by atoms with van der Waals surface area (Å²) in [4.78, 5) is 21.7. The second kappa shape index (κ2) is 17.8. The maximum Gasteiger partial charge on any atom is 0.225 e. The van der Waals surface area contributed by atoms with E-state index >= 15 is 0 Å². The predicted octanol–water partition coefficient (Wildman–Crippen LogP) is 2.03. The largest absolute Gasteiger partial charge is 0.392 e. The van der Waals surface area contributed by atoms with Crippen LogP contribution in [-0.2, 0) is 30.2 Å². The highest BCUT2D eigenvalue weighted by atomic mass is 32.1. The Morgan fingerprint density at radius 1 is 1.12 bits per heavy atom. The number of fused-ring (bicyclic) bond motifs is 2. The summed E-state index contributed by atoms with van der Waals surface area (Å²) in [7, 11) is 7.42. The van der Waals surface area contributed by atoms with Gasteiger partial charge in [-0.1, -0.05) is 20.8 Å². The van der Waals surface area contributed by atoms with Crippen LogP contribution in [0.2, 0.25) is 0 Å². The number of anilines is 1. The Kier molecular flexibility index (Phi) is 15.3. The van der Waals surface area contributed by atoms with Crippen LogP contribution in [0.25, 0.3) is 0 Å². The minimum Gasteiger partial charge on any atom is -0.392 e. The van der Waals surface area contributed by atoms with Gasteiger partial charge in [-0.25, -0.2) is 4.98 Å². The fraction of sp³-hybridized carbons (Fsp3) is 0.886. The molecule has 1 aromatic heterocycles. The molecule has 3 aliphatic rings. The number of hydrogen-bond acceptors (Lipinski definition) is 13. The highest BCUT2D eigenvalue weighted by Gasteiger charge is 2.47. The predicted molar refractivity (Wildman–Crippen MR) is 190 cm³/mol. The summed E-state index contributed by atoms with van der Waals surface area (Å²) in [5.74, 6) is -1.59. The van der Waals surface area contributed by atoms with E-state index in [2.05, 4.69) is 17.1 Å². The Morgan fingerprint density at radius 2 is 1.80 bits per heavy atom. The first kappa shape index (κ1) is 42.0. The van der Waals surface area contributed by atoms with E-state index in [1.165, 1.54) is 0 Å². The number of ether oxygens (including phenoxy) is 4. The van der Waals surface area contributed by atoms with Gasteiger partial charge in [0.25, 0.3) is 0 Å². The number of aliphatic hydroxyl groups excluding tert-OH is 3. The van der Waals surface area contributed by atoms with Crippen molar-refractivity contribution in [3.05, 3.63) is 11.1 Å². The lowest BCUT2D eigenvalue weighted by molar-refractivity contribution is -0.298. The van der Waals surface area contributed by atoms with Crippen LogP contribution in [0.5, 0.6) is 0 Å². The molecule has 0 spiro atoms. The average molecular weight is 717 g/mol. The molecule has 0 aromatic carbocycles. The minimum absolute atomic E-state index is 0.0528. The van der Waals surface area contributed by atoms with Gasteiger partial charge in [0.05, 0.1) is 47.2 Å². The van der Waals surface area contributed by atoms with E-state index in [1.54, 1.807) is 39.2 Å². The van der Waals surface area contributed by atoms with Crippen LogP contribution in [0.4, 0.5) is 5.13 Å². The van der Waals surface area contributed by atoms with Crippen LogP contribution in [0.3, 0.4) is 0 Å². The SMILES string of the molecule is CO[C@]1(C)CCO[C@@H](C)[C@@H]1O.C[C@H]1CN(C)c2nc(cs2)CCNC(=O)[C@H](C)[C@@H](O)[C@H](C)[C@@H](O[C@@H]2O[C@H](C)C[C@H](N(C)C)[C@H]2O)[C@](C)(O)C1. The van der Waals surface area contributed by atoms with Crippen LogP contribution in [0.15, 0.2) is 5.38 Å². The number of nitrogens with one attached hydrogen (secondary N) is 1. The van der Waals surface area contributed by atoms with Crippen LogP contribution < -0.4 is 10.2 Å². The van der Waals surface area contributed by atoms with Crippen molar-refractivity contribution in [2.24, 2.45) is 17.8 Å².